The molecule has 76 valence electrons. The first kappa shape index (κ1) is 10.7. The van der Waals surface area contributed by atoms with Crippen LogP contribution in [0.1, 0.15) is 19.3 Å². The summed E-state index contributed by atoms with van der Waals surface area (Å²) in [6, 6.07) is 0. The lowest BCUT2D eigenvalue weighted by atomic mass is 10.4. The van der Waals surface area contributed by atoms with Gasteiger partial charge in [0.2, 0.25) is 0 Å². The van der Waals surface area contributed by atoms with E-state index in [1.165, 1.54) is 4.31 Å². The Morgan fingerprint density at radius 3 is 2.54 bits per heavy atom. The van der Waals surface area contributed by atoms with E-state index < -0.39 is 10.2 Å². The first-order valence-electron chi connectivity index (χ1n) is 4.52. The highest BCUT2D eigenvalue weighted by molar-refractivity contribution is 7.87. The standard InChI is InChI=1S/C8H16N2O2S/c1-2-3-6-9-13(11,12)10-7-4-5-8-10/h2,9H,1,3-8H2. The predicted molar refractivity (Wildman–Crippen MR) is 52.5 cm³/mol. The number of nitrogens with one attached hydrogen (secondary N) is 1. The fraction of sp³-hybridized carbons (Fsp3) is 0.750. The summed E-state index contributed by atoms with van der Waals surface area (Å²) < 4.78 is 27.0. The molecule has 0 amide bonds. The molecular weight excluding hydrogens is 188 g/mol. The summed E-state index contributed by atoms with van der Waals surface area (Å²) in [7, 11) is -3.20. The van der Waals surface area contributed by atoms with Crippen molar-refractivity contribution in [3.63, 3.8) is 0 Å². The van der Waals surface area contributed by atoms with Crippen LogP contribution in [0.25, 0.3) is 0 Å². The third-order valence-corrected chi connectivity index (χ3v) is 3.65. The van der Waals surface area contributed by atoms with Crippen LogP contribution in [0, 0.1) is 0 Å². The molecule has 5 heteroatoms. The summed E-state index contributed by atoms with van der Waals surface area (Å²) in [5, 5.41) is 0. The molecule has 13 heavy (non-hydrogen) atoms. The Morgan fingerprint density at radius 1 is 1.38 bits per heavy atom. The van der Waals surface area contributed by atoms with E-state index in [4.69, 9.17) is 0 Å². The van der Waals surface area contributed by atoms with Crippen LogP contribution in [-0.4, -0.2) is 32.4 Å². The first-order chi connectivity index (χ1) is 6.17. The third-order valence-electron chi connectivity index (χ3n) is 2.04. The zero-order valence-corrected chi connectivity index (χ0v) is 8.52. The number of hydrogen-bond donors (Lipinski definition) is 1. The fourth-order valence-electron chi connectivity index (χ4n) is 1.31. The maximum Gasteiger partial charge on any atom is 0.279 e. The van der Waals surface area contributed by atoms with Crippen LogP contribution in [0.4, 0.5) is 0 Å². The van der Waals surface area contributed by atoms with Gasteiger partial charge in [-0.2, -0.15) is 12.7 Å². The maximum atomic E-state index is 11.5. The molecule has 1 heterocycles. The van der Waals surface area contributed by atoms with Crippen molar-refractivity contribution in [1.82, 2.24) is 9.03 Å². The highest BCUT2D eigenvalue weighted by Gasteiger charge is 2.23. The lowest BCUT2D eigenvalue weighted by molar-refractivity contribution is 0.465. The number of hydrogen-bond acceptors (Lipinski definition) is 2. The van der Waals surface area contributed by atoms with Crippen LogP contribution in [0.2, 0.25) is 0 Å². The summed E-state index contributed by atoms with van der Waals surface area (Å²) in [4.78, 5) is 0. The van der Waals surface area contributed by atoms with Crippen LogP contribution in [-0.2, 0) is 10.2 Å². The predicted octanol–water partition coefficient (Wildman–Crippen LogP) is 0.493. The minimum atomic E-state index is -3.20. The summed E-state index contributed by atoms with van der Waals surface area (Å²) in [5.74, 6) is 0. The molecule has 1 saturated heterocycles. The average Bonchev–Trinajstić information content (AvgIpc) is 2.56. The minimum absolute atomic E-state index is 0.447. The molecular formula is C8H16N2O2S. The smallest absolute Gasteiger partial charge is 0.202 e. The zero-order valence-electron chi connectivity index (χ0n) is 7.70. The van der Waals surface area contributed by atoms with E-state index in [1.807, 2.05) is 0 Å². The lowest BCUT2D eigenvalue weighted by Crippen LogP contribution is -2.39. The molecule has 1 aliphatic rings. The van der Waals surface area contributed by atoms with Crippen LogP contribution in [0.15, 0.2) is 12.7 Å². The largest absolute Gasteiger partial charge is 0.279 e. The van der Waals surface area contributed by atoms with Crippen molar-refractivity contribution in [2.45, 2.75) is 19.3 Å². The SMILES string of the molecule is C=CCCNS(=O)(=O)N1CCCC1. The highest BCUT2D eigenvalue weighted by Crippen LogP contribution is 2.10. The Balaban J connectivity index is 2.40. The van der Waals surface area contributed by atoms with Gasteiger partial charge in [0.1, 0.15) is 0 Å². The van der Waals surface area contributed by atoms with Crippen molar-refractivity contribution >= 4 is 10.2 Å². The van der Waals surface area contributed by atoms with Crippen molar-refractivity contribution < 1.29 is 8.42 Å². The molecule has 0 bridgehead atoms. The van der Waals surface area contributed by atoms with E-state index in [0.29, 0.717) is 26.1 Å². The molecule has 1 aliphatic heterocycles. The summed E-state index contributed by atoms with van der Waals surface area (Å²) in [5.41, 5.74) is 0. The van der Waals surface area contributed by atoms with E-state index in [0.717, 1.165) is 12.8 Å². The second kappa shape index (κ2) is 4.74. The van der Waals surface area contributed by atoms with Gasteiger partial charge in [-0.3, -0.25) is 0 Å². The van der Waals surface area contributed by atoms with Gasteiger partial charge in [-0.1, -0.05) is 6.08 Å². The molecule has 0 unspecified atom stereocenters. The summed E-state index contributed by atoms with van der Waals surface area (Å²) >= 11 is 0. The van der Waals surface area contributed by atoms with E-state index in [1.54, 1.807) is 6.08 Å². The van der Waals surface area contributed by atoms with Gasteiger partial charge < -0.3 is 0 Å². The van der Waals surface area contributed by atoms with Gasteiger partial charge in [0, 0.05) is 19.6 Å². The molecule has 0 saturated carbocycles. The van der Waals surface area contributed by atoms with E-state index in [-0.39, 0.29) is 0 Å². The molecule has 1 fully saturated rings. The Hall–Kier alpha value is -0.390. The monoisotopic (exact) mass is 204 g/mol. The van der Waals surface area contributed by atoms with Crippen LogP contribution >= 0.6 is 0 Å². The minimum Gasteiger partial charge on any atom is -0.202 e. The van der Waals surface area contributed by atoms with Gasteiger partial charge in [0.15, 0.2) is 0 Å². The quantitative estimate of drug-likeness (QED) is 0.523. The lowest BCUT2D eigenvalue weighted by Gasteiger charge is -2.15. The molecule has 4 nitrogen and oxygen atoms in total. The molecule has 0 aliphatic carbocycles. The summed E-state index contributed by atoms with van der Waals surface area (Å²) in [6.45, 7) is 5.29. The highest BCUT2D eigenvalue weighted by atomic mass is 32.2. The molecule has 1 N–H and O–H groups in total. The molecule has 0 aromatic carbocycles. The van der Waals surface area contributed by atoms with Crippen LogP contribution in [0.5, 0.6) is 0 Å². The zero-order chi connectivity index (χ0) is 9.73. The second-order valence-electron chi connectivity index (χ2n) is 3.08. The van der Waals surface area contributed by atoms with Gasteiger partial charge >= 0.3 is 0 Å². The normalized spacial score (nSPS) is 19.1. The maximum absolute atomic E-state index is 11.5. The van der Waals surface area contributed by atoms with Gasteiger partial charge in [-0.25, -0.2) is 4.72 Å². The Labute approximate surface area is 79.8 Å². The van der Waals surface area contributed by atoms with Crippen molar-refractivity contribution in [3.05, 3.63) is 12.7 Å². The van der Waals surface area contributed by atoms with Crippen molar-refractivity contribution in [1.29, 1.82) is 0 Å². The molecule has 0 spiro atoms. The summed E-state index contributed by atoms with van der Waals surface area (Å²) in [6.07, 6.45) is 4.32. The second-order valence-corrected chi connectivity index (χ2v) is 4.84. The van der Waals surface area contributed by atoms with Crippen LogP contribution in [0.3, 0.4) is 0 Å². The van der Waals surface area contributed by atoms with E-state index >= 15 is 0 Å². The van der Waals surface area contributed by atoms with Crippen molar-refractivity contribution in [2.75, 3.05) is 19.6 Å². The number of rotatable bonds is 5. The van der Waals surface area contributed by atoms with E-state index in [2.05, 4.69) is 11.3 Å². The fourth-order valence-corrected chi connectivity index (χ4v) is 2.61. The van der Waals surface area contributed by atoms with Gasteiger partial charge in [0.05, 0.1) is 0 Å². The molecule has 0 radical (unpaired) electrons. The Bertz CT molecular complexity index is 255. The molecule has 0 aromatic rings. The van der Waals surface area contributed by atoms with Gasteiger partial charge in [-0.15, -0.1) is 6.58 Å². The van der Waals surface area contributed by atoms with Crippen molar-refractivity contribution in [2.24, 2.45) is 0 Å². The molecule has 1 rings (SSSR count). The Kier molecular flexibility index (Phi) is 3.90. The van der Waals surface area contributed by atoms with Gasteiger partial charge in [0.25, 0.3) is 10.2 Å². The van der Waals surface area contributed by atoms with Gasteiger partial charge in [-0.05, 0) is 19.3 Å². The molecule has 0 atom stereocenters. The average molecular weight is 204 g/mol. The Morgan fingerprint density at radius 2 is 2.00 bits per heavy atom. The number of nitrogens with zero attached hydrogens (tertiary/aromatic N) is 1. The topological polar surface area (TPSA) is 49.4 Å². The molecule has 0 aromatic heterocycles. The van der Waals surface area contributed by atoms with E-state index in [9.17, 15) is 8.42 Å². The first-order valence-corrected chi connectivity index (χ1v) is 5.96. The van der Waals surface area contributed by atoms with Crippen LogP contribution < -0.4 is 4.72 Å². The van der Waals surface area contributed by atoms with Crippen molar-refractivity contribution in [3.8, 4) is 0 Å². The third kappa shape index (κ3) is 3.10.